The van der Waals surface area contributed by atoms with Crippen LogP contribution in [0, 0.1) is 11.7 Å². The summed E-state index contributed by atoms with van der Waals surface area (Å²) in [7, 11) is 0. The number of halogens is 1. The van der Waals surface area contributed by atoms with Crippen LogP contribution in [0.1, 0.15) is 24.8 Å². The first kappa shape index (κ1) is 11.4. The molecule has 0 atom stereocenters. The van der Waals surface area contributed by atoms with Crippen LogP contribution in [0.15, 0.2) is 18.2 Å². The maximum atomic E-state index is 13.5. The zero-order valence-corrected chi connectivity index (χ0v) is 9.42. The number of benzene rings is 1. The molecule has 0 aliphatic carbocycles. The van der Waals surface area contributed by atoms with Crippen molar-refractivity contribution in [2.24, 2.45) is 5.92 Å². The lowest BCUT2D eigenvalue weighted by Crippen LogP contribution is -2.16. The second kappa shape index (κ2) is 5.30. The van der Waals surface area contributed by atoms with E-state index in [0.29, 0.717) is 11.6 Å². The van der Waals surface area contributed by atoms with Crippen molar-refractivity contribution in [1.82, 2.24) is 0 Å². The van der Waals surface area contributed by atoms with E-state index in [1.54, 1.807) is 12.1 Å². The highest BCUT2D eigenvalue weighted by molar-refractivity contribution is 5.40. The third-order valence-electron chi connectivity index (χ3n) is 3.24. The number of aryl methyl sites for hydroxylation is 1. The Morgan fingerprint density at radius 1 is 1.31 bits per heavy atom. The van der Waals surface area contributed by atoms with Gasteiger partial charge in [-0.15, -0.1) is 0 Å². The quantitative estimate of drug-likeness (QED) is 0.800. The Morgan fingerprint density at radius 3 is 2.75 bits per heavy atom. The lowest BCUT2D eigenvalue weighted by atomic mass is 9.93. The van der Waals surface area contributed by atoms with Gasteiger partial charge in [0.05, 0.1) is 0 Å². The third-order valence-corrected chi connectivity index (χ3v) is 3.24. The molecule has 1 aromatic carbocycles. The maximum Gasteiger partial charge on any atom is 0.128 e. The van der Waals surface area contributed by atoms with Gasteiger partial charge >= 0.3 is 0 Å². The van der Waals surface area contributed by atoms with Gasteiger partial charge in [-0.3, -0.25) is 0 Å². The van der Waals surface area contributed by atoms with E-state index < -0.39 is 0 Å². The fourth-order valence-corrected chi connectivity index (χ4v) is 2.16. The van der Waals surface area contributed by atoms with Crippen molar-refractivity contribution in [3.63, 3.8) is 0 Å². The highest BCUT2D eigenvalue weighted by Gasteiger charge is 2.14. The molecule has 1 heterocycles. The van der Waals surface area contributed by atoms with Crippen LogP contribution in [-0.4, -0.2) is 13.2 Å². The molecule has 0 spiro atoms. The average molecular weight is 223 g/mol. The smallest absolute Gasteiger partial charge is 0.128 e. The van der Waals surface area contributed by atoms with E-state index in [9.17, 15) is 4.39 Å². The molecule has 2 rings (SSSR count). The minimum absolute atomic E-state index is 0.174. The fraction of sp³-hybridized carbons (Fsp3) is 0.538. The molecule has 0 amide bonds. The molecule has 0 saturated carbocycles. The van der Waals surface area contributed by atoms with Crippen molar-refractivity contribution in [3.05, 3.63) is 29.6 Å². The summed E-state index contributed by atoms with van der Waals surface area (Å²) in [5.74, 6) is 0.512. The van der Waals surface area contributed by atoms with Crippen LogP contribution in [0.5, 0.6) is 0 Å². The van der Waals surface area contributed by atoms with Gasteiger partial charge in [-0.1, -0.05) is 6.07 Å². The molecule has 0 aromatic heterocycles. The first-order valence-corrected chi connectivity index (χ1v) is 5.87. The summed E-state index contributed by atoms with van der Waals surface area (Å²) in [6, 6.07) is 4.96. The Bertz CT molecular complexity index is 348. The van der Waals surface area contributed by atoms with E-state index in [2.05, 4.69) is 0 Å². The highest BCUT2D eigenvalue weighted by atomic mass is 19.1. The number of nitrogen functional groups attached to an aromatic ring is 1. The molecule has 2 nitrogen and oxygen atoms in total. The number of ether oxygens (including phenoxy) is 1. The maximum absolute atomic E-state index is 13.5. The molecule has 1 fully saturated rings. The third kappa shape index (κ3) is 2.95. The Balaban J connectivity index is 1.88. The summed E-state index contributed by atoms with van der Waals surface area (Å²) >= 11 is 0. The second-order valence-corrected chi connectivity index (χ2v) is 4.45. The van der Waals surface area contributed by atoms with Gasteiger partial charge < -0.3 is 10.5 Å². The Kier molecular flexibility index (Phi) is 3.78. The van der Waals surface area contributed by atoms with Crippen LogP contribution in [0.2, 0.25) is 0 Å². The lowest BCUT2D eigenvalue weighted by molar-refractivity contribution is 0.0639. The molecule has 1 aliphatic heterocycles. The summed E-state index contributed by atoms with van der Waals surface area (Å²) in [5.41, 5.74) is 6.78. The molecular formula is C13H18FNO. The van der Waals surface area contributed by atoms with Crippen LogP contribution >= 0.6 is 0 Å². The van der Waals surface area contributed by atoms with Gasteiger partial charge in [0, 0.05) is 18.9 Å². The number of rotatable bonds is 3. The van der Waals surface area contributed by atoms with E-state index in [4.69, 9.17) is 10.5 Å². The molecule has 1 aromatic rings. The molecule has 1 aliphatic rings. The minimum Gasteiger partial charge on any atom is -0.399 e. The summed E-state index contributed by atoms with van der Waals surface area (Å²) in [6.07, 6.45) is 4.06. The lowest BCUT2D eigenvalue weighted by Gasteiger charge is -2.21. The molecule has 0 bridgehead atoms. The largest absolute Gasteiger partial charge is 0.399 e. The predicted molar refractivity (Wildman–Crippen MR) is 62.7 cm³/mol. The van der Waals surface area contributed by atoms with E-state index in [1.807, 2.05) is 0 Å². The molecule has 0 unspecified atom stereocenters. The molecule has 88 valence electrons. The van der Waals surface area contributed by atoms with Crippen molar-refractivity contribution >= 4 is 5.69 Å². The van der Waals surface area contributed by atoms with Crippen LogP contribution in [0.25, 0.3) is 0 Å². The molecule has 2 N–H and O–H groups in total. The van der Waals surface area contributed by atoms with Crippen LogP contribution in [-0.2, 0) is 11.2 Å². The monoisotopic (exact) mass is 223 g/mol. The van der Waals surface area contributed by atoms with E-state index in [-0.39, 0.29) is 5.82 Å². The van der Waals surface area contributed by atoms with Crippen LogP contribution in [0.3, 0.4) is 0 Å². The van der Waals surface area contributed by atoms with Crippen molar-refractivity contribution in [1.29, 1.82) is 0 Å². The SMILES string of the molecule is Nc1ccc(CCC2CCOCC2)c(F)c1. The fourth-order valence-electron chi connectivity index (χ4n) is 2.16. The summed E-state index contributed by atoms with van der Waals surface area (Å²) in [6.45, 7) is 1.71. The Morgan fingerprint density at radius 2 is 2.06 bits per heavy atom. The highest BCUT2D eigenvalue weighted by Crippen LogP contribution is 2.22. The first-order chi connectivity index (χ1) is 7.75. The van der Waals surface area contributed by atoms with Gasteiger partial charge in [-0.05, 0) is 49.3 Å². The minimum atomic E-state index is -0.174. The molecule has 16 heavy (non-hydrogen) atoms. The van der Waals surface area contributed by atoms with Gasteiger partial charge in [0.25, 0.3) is 0 Å². The standard InChI is InChI=1S/C13H18FNO/c14-13-9-12(15)4-3-11(13)2-1-10-5-7-16-8-6-10/h3-4,9-10H,1-2,5-8,15H2. The summed E-state index contributed by atoms with van der Waals surface area (Å²) in [5, 5.41) is 0. The van der Waals surface area contributed by atoms with Crippen molar-refractivity contribution < 1.29 is 9.13 Å². The normalized spacial score (nSPS) is 17.6. The number of hydrogen-bond donors (Lipinski definition) is 1. The van der Waals surface area contributed by atoms with Crippen molar-refractivity contribution in [3.8, 4) is 0 Å². The first-order valence-electron chi connectivity index (χ1n) is 5.87. The molecular weight excluding hydrogens is 205 g/mol. The van der Waals surface area contributed by atoms with E-state index in [1.165, 1.54) is 6.07 Å². The van der Waals surface area contributed by atoms with Gasteiger partial charge in [0.15, 0.2) is 0 Å². The van der Waals surface area contributed by atoms with Gasteiger partial charge in [-0.25, -0.2) is 4.39 Å². The van der Waals surface area contributed by atoms with E-state index >= 15 is 0 Å². The summed E-state index contributed by atoms with van der Waals surface area (Å²) < 4.78 is 18.8. The van der Waals surface area contributed by atoms with Gasteiger partial charge in [-0.2, -0.15) is 0 Å². The van der Waals surface area contributed by atoms with Crippen LogP contribution < -0.4 is 5.73 Å². The number of anilines is 1. The Hall–Kier alpha value is -1.09. The second-order valence-electron chi connectivity index (χ2n) is 4.45. The zero-order chi connectivity index (χ0) is 11.4. The van der Waals surface area contributed by atoms with Gasteiger partial charge in [0.1, 0.15) is 5.82 Å². The molecule has 3 heteroatoms. The van der Waals surface area contributed by atoms with Gasteiger partial charge in [0.2, 0.25) is 0 Å². The van der Waals surface area contributed by atoms with Crippen molar-refractivity contribution in [2.75, 3.05) is 18.9 Å². The molecule has 0 radical (unpaired) electrons. The number of nitrogens with two attached hydrogens (primary N) is 1. The van der Waals surface area contributed by atoms with Crippen molar-refractivity contribution in [2.45, 2.75) is 25.7 Å². The predicted octanol–water partition coefficient (Wildman–Crippen LogP) is 2.77. The zero-order valence-electron chi connectivity index (χ0n) is 9.42. The van der Waals surface area contributed by atoms with E-state index in [0.717, 1.165) is 44.5 Å². The Labute approximate surface area is 95.6 Å². The molecule has 1 saturated heterocycles. The van der Waals surface area contributed by atoms with Crippen LogP contribution in [0.4, 0.5) is 10.1 Å². The average Bonchev–Trinajstić information content (AvgIpc) is 2.29. The topological polar surface area (TPSA) is 35.2 Å². The summed E-state index contributed by atoms with van der Waals surface area (Å²) in [4.78, 5) is 0. The number of hydrogen-bond acceptors (Lipinski definition) is 2.